The molecule has 1 fully saturated rings. The molecule has 1 aromatic heterocycles. The maximum absolute atomic E-state index is 12.7. The van der Waals surface area contributed by atoms with Crippen molar-refractivity contribution < 1.29 is 13.2 Å². The molecule has 0 spiro atoms. The average molecular weight is 288 g/mol. The first-order valence-corrected chi connectivity index (χ1v) is 6.68. The van der Waals surface area contributed by atoms with Crippen LogP contribution in [0.3, 0.4) is 0 Å². The molecule has 20 heavy (non-hydrogen) atoms. The fourth-order valence-electron chi connectivity index (χ4n) is 2.44. The van der Waals surface area contributed by atoms with E-state index in [0.717, 1.165) is 31.8 Å². The predicted molar refractivity (Wildman–Crippen MR) is 72.4 cm³/mol. The number of halogens is 3. The summed E-state index contributed by atoms with van der Waals surface area (Å²) in [5.74, 6) is 0.0414. The fourth-order valence-corrected chi connectivity index (χ4v) is 2.44. The molecular formula is C13H19F3N4. The molecule has 0 radical (unpaired) electrons. The lowest BCUT2D eigenvalue weighted by Gasteiger charge is -2.22. The minimum atomic E-state index is -4.41. The van der Waals surface area contributed by atoms with Crippen molar-refractivity contribution >= 4 is 11.6 Å². The van der Waals surface area contributed by atoms with Gasteiger partial charge < -0.3 is 16.0 Å². The summed E-state index contributed by atoms with van der Waals surface area (Å²) in [4.78, 5) is 6.20. The third kappa shape index (κ3) is 4.00. The van der Waals surface area contributed by atoms with Crippen LogP contribution in [0.15, 0.2) is 12.1 Å². The number of pyridine rings is 1. The SMILES string of the molecule is CC(CN1CCCC1)Nc1cc(C(F)(F)F)cc(N)n1. The Morgan fingerprint density at radius 1 is 1.35 bits per heavy atom. The highest BCUT2D eigenvalue weighted by Gasteiger charge is 2.31. The number of nitrogens with zero attached hydrogens (tertiary/aromatic N) is 2. The zero-order valence-corrected chi connectivity index (χ0v) is 11.4. The number of nitrogens with one attached hydrogen (secondary N) is 1. The molecule has 1 unspecified atom stereocenters. The van der Waals surface area contributed by atoms with Crippen LogP contribution in [0, 0.1) is 0 Å². The first-order valence-electron chi connectivity index (χ1n) is 6.68. The molecule has 1 aromatic rings. The van der Waals surface area contributed by atoms with Crippen molar-refractivity contribution in [2.75, 3.05) is 30.7 Å². The van der Waals surface area contributed by atoms with Crippen LogP contribution in [0.2, 0.25) is 0 Å². The van der Waals surface area contributed by atoms with Gasteiger partial charge in [0.15, 0.2) is 0 Å². The summed E-state index contributed by atoms with van der Waals surface area (Å²) in [5.41, 5.74) is 4.66. The minimum absolute atomic E-state index is 0.0171. The molecule has 0 aliphatic carbocycles. The summed E-state index contributed by atoms with van der Waals surface area (Å²) in [6.45, 7) is 4.81. The highest BCUT2D eigenvalue weighted by atomic mass is 19.4. The largest absolute Gasteiger partial charge is 0.416 e. The molecule has 0 amide bonds. The summed E-state index contributed by atoms with van der Waals surface area (Å²) in [5, 5.41) is 2.99. The van der Waals surface area contributed by atoms with Crippen molar-refractivity contribution in [1.29, 1.82) is 0 Å². The Bertz CT molecular complexity index is 455. The predicted octanol–water partition coefficient (Wildman–Crippen LogP) is 2.58. The molecule has 1 aliphatic heterocycles. The molecule has 0 aromatic carbocycles. The van der Waals surface area contributed by atoms with E-state index in [4.69, 9.17) is 5.73 Å². The Balaban J connectivity index is 2.02. The van der Waals surface area contributed by atoms with Crippen molar-refractivity contribution in [2.45, 2.75) is 32.0 Å². The second-order valence-corrected chi connectivity index (χ2v) is 5.22. The number of anilines is 2. The quantitative estimate of drug-likeness (QED) is 0.894. The van der Waals surface area contributed by atoms with Crippen LogP contribution >= 0.6 is 0 Å². The normalized spacial score (nSPS) is 18.2. The van der Waals surface area contributed by atoms with Crippen LogP contribution in [0.1, 0.15) is 25.3 Å². The van der Waals surface area contributed by atoms with E-state index in [2.05, 4.69) is 15.2 Å². The zero-order chi connectivity index (χ0) is 14.8. The molecule has 4 nitrogen and oxygen atoms in total. The summed E-state index contributed by atoms with van der Waals surface area (Å²) < 4.78 is 38.1. The van der Waals surface area contributed by atoms with Gasteiger partial charge in [0.05, 0.1) is 5.56 Å². The smallest absolute Gasteiger partial charge is 0.384 e. The Morgan fingerprint density at radius 2 is 2.00 bits per heavy atom. The molecule has 1 atom stereocenters. The molecular weight excluding hydrogens is 269 g/mol. The van der Waals surface area contributed by atoms with Gasteiger partial charge in [0.1, 0.15) is 11.6 Å². The summed E-state index contributed by atoms with van der Waals surface area (Å²) >= 11 is 0. The van der Waals surface area contributed by atoms with Gasteiger partial charge >= 0.3 is 6.18 Å². The third-order valence-corrected chi connectivity index (χ3v) is 3.30. The maximum Gasteiger partial charge on any atom is 0.416 e. The maximum atomic E-state index is 12.7. The van der Waals surface area contributed by atoms with Crippen LogP contribution in [-0.4, -0.2) is 35.6 Å². The van der Waals surface area contributed by atoms with E-state index in [1.54, 1.807) is 0 Å². The standard InChI is InChI=1S/C13H19F3N4/c1-9(8-20-4-2-3-5-20)18-12-7-10(13(14,15)16)6-11(17)19-12/h6-7,9H,2-5,8H2,1H3,(H3,17,18,19). The lowest BCUT2D eigenvalue weighted by molar-refractivity contribution is -0.137. The van der Waals surface area contributed by atoms with Gasteiger partial charge in [-0.1, -0.05) is 0 Å². The van der Waals surface area contributed by atoms with Crippen molar-refractivity contribution in [3.05, 3.63) is 17.7 Å². The van der Waals surface area contributed by atoms with Crippen LogP contribution in [-0.2, 0) is 6.18 Å². The Morgan fingerprint density at radius 3 is 2.60 bits per heavy atom. The number of nitrogens with two attached hydrogens (primary N) is 1. The highest BCUT2D eigenvalue weighted by molar-refractivity contribution is 5.47. The summed E-state index contributed by atoms with van der Waals surface area (Å²) in [6.07, 6.45) is -2.05. The van der Waals surface area contributed by atoms with Gasteiger partial charge in [-0.3, -0.25) is 0 Å². The first kappa shape index (κ1) is 14.9. The molecule has 0 bridgehead atoms. The van der Waals surface area contributed by atoms with Crippen molar-refractivity contribution in [2.24, 2.45) is 0 Å². The van der Waals surface area contributed by atoms with E-state index < -0.39 is 11.7 Å². The number of nitrogen functional groups attached to an aromatic ring is 1. The number of likely N-dealkylation sites (tertiary alicyclic amines) is 1. The van der Waals surface area contributed by atoms with E-state index in [1.165, 1.54) is 12.8 Å². The molecule has 1 saturated heterocycles. The number of rotatable bonds is 4. The molecule has 2 heterocycles. The molecule has 7 heteroatoms. The molecule has 1 aliphatic rings. The summed E-state index contributed by atoms with van der Waals surface area (Å²) in [6, 6.07) is 1.86. The number of hydrogen-bond acceptors (Lipinski definition) is 4. The Kier molecular flexibility index (Phi) is 4.37. The number of aromatic nitrogens is 1. The van der Waals surface area contributed by atoms with Crippen LogP contribution in [0.25, 0.3) is 0 Å². The zero-order valence-electron chi connectivity index (χ0n) is 11.4. The lowest BCUT2D eigenvalue weighted by Crippen LogP contribution is -2.33. The first-order chi connectivity index (χ1) is 9.34. The molecule has 112 valence electrons. The van der Waals surface area contributed by atoms with Gasteiger partial charge in [0.2, 0.25) is 0 Å². The van der Waals surface area contributed by atoms with E-state index in [9.17, 15) is 13.2 Å². The van der Waals surface area contributed by atoms with Crippen LogP contribution < -0.4 is 11.1 Å². The van der Waals surface area contributed by atoms with E-state index in [-0.39, 0.29) is 17.7 Å². The van der Waals surface area contributed by atoms with Gasteiger partial charge in [0.25, 0.3) is 0 Å². The molecule has 0 saturated carbocycles. The van der Waals surface area contributed by atoms with Gasteiger partial charge in [0, 0.05) is 12.6 Å². The molecule has 2 rings (SSSR count). The average Bonchev–Trinajstić information content (AvgIpc) is 2.79. The fraction of sp³-hybridized carbons (Fsp3) is 0.615. The second-order valence-electron chi connectivity index (χ2n) is 5.22. The van der Waals surface area contributed by atoms with Gasteiger partial charge in [-0.05, 0) is 45.0 Å². The highest BCUT2D eigenvalue weighted by Crippen LogP contribution is 2.31. The van der Waals surface area contributed by atoms with Crippen LogP contribution in [0.4, 0.5) is 24.8 Å². The monoisotopic (exact) mass is 288 g/mol. The van der Waals surface area contributed by atoms with E-state index in [0.29, 0.717) is 0 Å². The van der Waals surface area contributed by atoms with Crippen molar-refractivity contribution in [3.63, 3.8) is 0 Å². The Labute approximate surface area is 116 Å². The number of alkyl halides is 3. The van der Waals surface area contributed by atoms with Gasteiger partial charge in [-0.15, -0.1) is 0 Å². The van der Waals surface area contributed by atoms with Crippen molar-refractivity contribution in [1.82, 2.24) is 9.88 Å². The molecule has 3 N–H and O–H groups in total. The third-order valence-electron chi connectivity index (χ3n) is 3.30. The summed E-state index contributed by atoms with van der Waals surface area (Å²) in [7, 11) is 0. The van der Waals surface area contributed by atoms with E-state index in [1.807, 2.05) is 6.92 Å². The van der Waals surface area contributed by atoms with Crippen LogP contribution in [0.5, 0.6) is 0 Å². The topological polar surface area (TPSA) is 54.2 Å². The van der Waals surface area contributed by atoms with Crippen molar-refractivity contribution in [3.8, 4) is 0 Å². The lowest BCUT2D eigenvalue weighted by atomic mass is 10.2. The Hall–Kier alpha value is -1.50. The van der Waals surface area contributed by atoms with Gasteiger partial charge in [-0.25, -0.2) is 4.98 Å². The van der Waals surface area contributed by atoms with Gasteiger partial charge in [-0.2, -0.15) is 13.2 Å². The second kappa shape index (κ2) is 5.87. The van der Waals surface area contributed by atoms with E-state index >= 15 is 0 Å². The minimum Gasteiger partial charge on any atom is -0.384 e. The number of hydrogen-bond donors (Lipinski definition) is 2.